The first kappa shape index (κ1) is 12.6. The molecule has 0 aliphatic rings. The van der Waals surface area contributed by atoms with Gasteiger partial charge in [-0.2, -0.15) is 0 Å². The molecule has 0 aliphatic carbocycles. The SMILES string of the molecule is COC(=O)C(CCCC(=O)O)C(C)=O. The molecule has 0 aliphatic heterocycles. The van der Waals surface area contributed by atoms with Crippen LogP contribution in [0.3, 0.4) is 0 Å². The van der Waals surface area contributed by atoms with Gasteiger partial charge in [-0.05, 0) is 19.8 Å². The summed E-state index contributed by atoms with van der Waals surface area (Å²) >= 11 is 0. The van der Waals surface area contributed by atoms with Crippen LogP contribution in [0.1, 0.15) is 26.2 Å². The molecule has 0 bridgehead atoms. The molecule has 0 saturated heterocycles. The minimum absolute atomic E-state index is 0.0409. The van der Waals surface area contributed by atoms with E-state index in [1.165, 1.54) is 14.0 Å². The number of carboxylic acid groups (broad SMARTS) is 1. The number of carbonyl (C=O) groups is 3. The number of ketones is 1. The number of carboxylic acids is 1. The summed E-state index contributed by atoms with van der Waals surface area (Å²) in [4.78, 5) is 32.2. The Morgan fingerprint density at radius 3 is 2.29 bits per heavy atom. The Labute approximate surface area is 82.1 Å². The Morgan fingerprint density at radius 2 is 1.93 bits per heavy atom. The van der Waals surface area contributed by atoms with Crippen LogP contribution in [0.2, 0.25) is 0 Å². The molecule has 1 atom stereocenters. The van der Waals surface area contributed by atoms with E-state index >= 15 is 0 Å². The Bertz CT molecular complexity index is 233. The maximum Gasteiger partial charge on any atom is 0.316 e. The highest BCUT2D eigenvalue weighted by Crippen LogP contribution is 2.11. The van der Waals surface area contributed by atoms with Crippen molar-refractivity contribution in [2.45, 2.75) is 26.2 Å². The Morgan fingerprint density at radius 1 is 1.36 bits per heavy atom. The average molecular weight is 202 g/mol. The van der Waals surface area contributed by atoms with Gasteiger partial charge in [-0.3, -0.25) is 14.4 Å². The van der Waals surface area contributed by atoms with E-state index in [0.29, 0.717) is 6.42 Å². The molecule has 0 radical (unpaired) electrons. The lowest BCUT2D eigenvalue weighted by Crippen LogP contribution is -2.23. The molecule has 5 heteroatoms. The third kappa shape index (κ3) is 4.59. The first-order chi connectivity index (χ1) is 6.49. The van der Waals surface area contributed by atoms with Gasteiger partial charge in [0.1, 0.15) is 11.7 Å². The van der Waals surface area contributed by atoms with Crippen LogP contribution in [0.25, 0.3) is 0 Å². The van der Waals surface area contributed by atoms with Gasteiger partial charge in [0.25, 0.3) is 0 Å². The van der Waals surface area contributed by atoms with Crippen LogP contribution in [0.15, 0.2) is 0 Å². The van der Waals surface area contributed by atoms with Crippen molar-refractivity contribution in [2.24, 2.45) is 5.92 Å². The molecule has 14 heavy (non-hydrogen) atoms. The molecule has 5 nitrogen and oxygen atoms in total. The van der Waals surface area contributed by atoms with Crippen molar-refractivity contribution in [1.82, 2.24) is 0 Å². The number of hydrogen-bond acceptors (Lipinski definition) is 4. The molecule has 0 spiro atoms. The number of ether oxygens (including phenoxy) is 1. The van der Waals surface area contributed by atoms with Gasteiger partial charge in [0.15, 0.2) is 0 Å². The first-order valence-corrected chi connectivity index (χ1v) is 4.29. The summed E-state index contributed by atoms with van der Waals surface area (Å²) < 4.78 is 4.42. The zero-order valence-corrected chi connectivity index (χ0v) is 8.28. The molecule has 0 amide bonds. The van der Waals surface area contributed by atoms with E-state index in [1.54, 1.807) is 0 Å². The molecule has 1 unspecified atom stereocenters. The molecule has 0 heterocycles. The minimum Gasteiger partial charge on any atom is -0.481 e. The smallest absolute Gasteiger partial charge is 0.316 e. The molecular formula is C9H14O5. The second-order valence-corrected chi connectivity index (χ2v) is 2.97. The van der Waals surface area contributed by atoms with E-state index in [1.807, 2.05) is 0 Å². The van der Waals surface area contributed by atoms with Gasteiger partial charge in [0, 0.05) is 6.42 Å². The molecular weight excluding hydrogens is 188 g/mol. The lowest BCUT2D eigenvalue weighted by molar-refractivity contribution is -0.149. The van der Waals surface area contributed by atoms with E-state index in [9.17, 15) is 14.4 Å². The van der Waals surface area contributed by atoms with Crippen LogP contribution in [0.5, 0.6) is 0 Å². The van der Waals surface area contributed by atoms with Crippen molar-refractivity contribution in [3.63, 3.8) is 0 Å². The quantitative estimate of drug-likeness (QED) is 0.504. The van der Waals surface area contributed by atoms with Crippen LogP contribution >= 0.6 is 0 Å². The molecule has 0 fully saturated rings. The molecule has 0 rings (SSSR count). The second kappa shape index (κ2) is 6.12. The number of Topliss-reactive ketones (excluding diaryl/α,β-unsaturated/α-hetero) is 1. The van der Waals surface area contributed by atoms with Gasteiger partial charge in [-0.1, -0.05) is 0 Å². The van der Waals surface area contributed by atoms with E-state index in [-0.39, 0.29) is 18.6 Å². The fraction of sp³-hybridized carbons (Fsp3) is 0.667. The fourth-order valence-electron chi connectivity index (χ4n) is 1.09. The summed E-state index contributed by atoms with van der Waals surface area (Å²) in [5, 5.41) is 8.36. The Hall–Kier alpha value is -1.39. The number of aliphatic carboxylic acids is 1. The van der Waals surface area contributed by atoms with Crippen molar-refractivity contribution >= 4 is 17.7 Å². The third-order valence-corrected chi connectivity index (χ3v) is 1.86. The summed E-state index contributed by atoms with van der Waals surface area (Å²) in [5.41, 5.74) is 0. The highest BCUT2D eigenvalue weighted by molar-refractivity contribution is 5.97. The van der Waals surface area contributed by atoms with Gasteiger partial charge >= 0.3 is 11.9 Å². The number of methoxy groups -OCH3 is 1. The van der Waals surface area contributed by atoms with Gasteiger partial charge in [-0.15, -0.1) is 0 Å². The highest BCUT2D eigenvalue weighted by Gasteiger charge is 2.23. The largest absolute Gasteiger partial charge is 0.481 e. The van der Waals surface area contributed by atoms with Gasteiger partial charge < -0.3 is 9.84 Å². The fourth-order valence-corrected chi connectivity index (χ4v) is 1.09. The number of rotatable bonds is 6. The second-order valence-electron chi connectivity index (χ2n) is 2.97. The van der Waals surface area contributed by atoms with Crippen molar-refractivity contribution in [3.05, 3.63) is 0 Å². The summed E-state index contributed by atoms with van der Waals surface area (Å²) in [6.45, 7) is 1.29. The lowest BCUT2D eigenvalue weighted by Gasteiger charge is -2.09. The molecule has 80 valence electrons. The maximum absolute atomic E-state index is 11.0. The zero-order chi connectivity index (χ0) is 11.1. The Kier molecular flexibility index (Phi) is 5.52. The minimum atomic E-state index is -0.933. The molecule has 0 aromatic rings. The van der Waals surface area contributed by atoms with E-state index < -0.39 is 17.9 Å². The first-order valence-electron chi connectivity index (χ1n) is 4.29. The normalized spacial score (nSPS) is 11.9. The summed E-state index contributed by atoms with van der Waals surface area (Å²) in [6.07, 6.45) is 0.490. The summed E-state index contributed by atoms with van der Waals surface area (Å²) in [6, 6.07) is 0. The molecule has 0 saturated carbocycles. The van der Waals surface area contributed by atoms with Crippen molar-refractivity contribution in [1.29, 1.82) is 0 Å². The summed E-state index contributed by atoms with van der Waals surface area (Å²) in [7, 11) is 1.20. The number of hydrogen-bond donors (Lipinski definition) is 1. The topological polar surface area (TPSA) is 80.7 Å². The van der Waals surface area contributed by atoms with Gasteiger partial charge in [0.2, 0.25) is 0 Å². The van der Waals surface area contributed by atoms with Crippen molar-refractivity contribution < 1.29 is 24.2 Å². The van der Waals surface area contributed by atoms with Crippen LogP contribution < -0.4 is 0 Å². The monoisotopic (exact) mass is 202 g/mol. The average Bonchev–Trinajstić information content (AvgIpc) is 2.10. The van der Waals surface area contributed by atoms with E-state index in [2.05, 4.69) is 4.74 Å². The molecule has 0 aromatic carbocycles. The van der Waals surface area contributed by atoms with Crippen molar-refractivity contribution in [2.75, 3.05) is 7.11 Å². The maximum atomic E-state index is 11.0. The third-order valence-electron chi connectivity index (χ3n) is 1.86. The highest BCUT2D eigenvalue weighted by atomic mass is 16.5. The van der Waals surface area contributed by atoms with Gasteiger partial charge in [0.05, 0.1) is 7.11 Å². The number of esters is 1. The van der Waals surface area contributed by atoms with E-state index in [4.69, 9.17) is 5.11 Å². The Balaban J connectivity index is 4.05. The van der Waals surface area contributed by atoms with Crippen LogP contribution in [-0.4, -0.2) is 29.9 Å². The van der Waals surface area contributed by atoms with Gasteiger partial charge in [-0.25, -0.2) is 0 Å². The van der Waals surface area contributed by atoms with Crippen LogP contribution in [0.4, 0.5) is 0 Å². The predicted octanol–water partition coefficient (Wildman–Crippen LogP) is 0.619. The molecule has 0 aromatic heterocycles. The lowest BCUT2D eigenvalue weighted by atomic mass is 9.98. The van der Waals surface area contributed by atoms with Crippen LogP contribution in [-0.2, 0) is 19.1 Å². The zero-order valence-electron chi connectivity index (χ0n) is 8.28. The van der Waals surface area contributed by atoms with Crippen LogP contribution in [0, 0.1) is 5.92 Å². The number of carbonyl (C=O) groups excluding carboxylic acids is 2. The van der Waals surface area contributed by atoms with E-state index in [0.717, 1.165) is 0 Å². The van der Waals surface area contributed by atoms with Crippen molar-refractivity contribution in [3.8, 4) is 0 Å². The molecule has 1 N–H and O–H groups in total. The predicted molar refractivity (Wildman–Crippen MR) is 47.7 cm³/mol. The standard InChI is InChI=1S/C9H14O5/c1-6(10)7(9(13)14-2)4-3-5-8(11)12/h7H,3-5H2,1-2H3,(H,11,12). The summed E-state index contributed by atoms with van der Waals surface area (Å²) in [5.74, 6) is -2.64.